The van der Waals surface area contributed by atoms with E-state index in [0.29, 0.717) is 0 Å². The molecule has 0 N–H and O–H groups in total. The van der Waals surface area contributed by atoms with Crippen LogP contribution in [0, 0.1) is 6.92 Å². The van der Waals surface area contributed by atoms with Gasteiger partial charge in [-0.15, -0.1) is 0 Å². The zero-order valence-electron chi connectivity index (χ0n) is 19.1. The maximum Gasteiger partial charge on any atom is 0.0520 e. The third-order valence-electron chi connectivity index (χ3n) is 7.56. The van der Waals surface area contributed by atoms with Gasteiger partial charge in [-0.05, 0) is 55.1 Å². The fourth-order valence-electron chi connectivity index (χ4n) is 5.91. The Bertz CT molecular complexity index is 1160. The van der Waals surface area contributed by atoms with Crippen molar-refractivity contribution in [1.29, 1.82) is 0 Å². The lowest BCUT2D eigenvalue weighted by Crippen LogP contribution is -2.51. The van der Waals surface area contributed by atoms with Gasteiger partial charge in [0, 0.05) is 55.5 Å². The van der Waals surface area contributed by atoms with Crippen LogP contribution >= 0.6 is 0 Å². The summed E-state index contributed by atoms with van der Waals surface area (Å²) in [6.07, 6.45) is 7.99. The molecule has 3 aliphatic rings. The van der Waals surface area contributed by atoms with Crippen molar-refractivity contribution in [3.05, 3.63) is 94.8 Å². The molecule has 2 atom stereocenters. The van der Waals surface area contributed by atoms with Crippen LogP contribution in [0.15, 0.2) is 66.9 Å². The number of pyridine rings is 1. The van der Waals surface area contributed by atoms with E-state index in [1.54, 1.807) is 0 Å². The molecule has 1 aromatic heterocycles. The molecule has 32 heavy (non-hydrogen) atoms. The Morgan fingerprint density at radius 2 is 1.69 bits per heavy atom. The Hall–Kier alpha value is -2.75. The zero-order chi connectivity index (χ0) is 21.7. The Morgan fingerprint density at radius 1 is 0.906 bits per heavy atom. The van der Waals surface area contributed by atoms with E-state index in [2.05, 4.69) is 84.4 Å². The lowest BCUT2D eigenvalue weighted by molar-refractivity contribution is 0.0760. The molecule has 2 unspecified atom stereocenters. The van der Waals surface area contributed by atoms with E-state index in [0.717, 1.165) is 25.0 Å². The fraction of sp³-hybridized carbons (Fsp3) is 0.345. The first-order valence-electron chi connectivity index (χ1n) is 11.9. The van der Waals surface area contributed by atoms with Gasteiger partial charge in [0.05, 0.1) is 5.69 Å². The van der Waals surface area contributed by atoms with Crippen molar-refractivity contribution < 1.29 is 0 Å². The minimum absolute atomic E-state index is 0.728. The van der Waals surface area contributed by atoms with Gasteiger partial charge in [-0.1, -0.05) is 60.2 Å². The summed E-state index contributed by atoms with van der Waals surface area (Å²) in [5.41, 5.74) is 10.3. The summed E-state index contributed by atoms with van der Waals surface area (Å²) in [5, 5.41) is 0. The van der Waals surface area contributed by atoms with E-state index < -0.39 is 0 Å². The number of aryl methyl sites for hydroxylation is 1. The van der Waals surface area contributed by atoms with Crippen LogP contribution in [0.4, 0.5) is 0 Å². The molecule has 2 fully saturated rings. The SMILES string of the molecule is Cc1cccc(C2=CCc3ncc(-c4ccc(CN5C6CCC5CN(C)C6)cc4)cc32)c1. The van der Waals surface area contributed by atoms with Crippen molar-refractivity contribution in [3.8, 4) is 11.1 Å². The average Bonchev–Trinajstić information content (AvgIpc) is 3.32. The van der Waals surface area contributed by atoms with Crippen LogP contribution in [0.25, 0.3) is 16.7 Å². The molecule has 162 valence electrons. The number of hydrogen-bond acceptors (Lipinski definition) is 3. The van der Waals surface area contributed by atoms with Crippen LogP contribution < -0.4 is 0 Å². The summed E-state index contributed by atoms with van der Waals surface area (Å²) in [5.74, 6) is 0. The minimum atomic E-state index is 0.728. The molecule has 2 aliphatic heterocycles. The van der Waals surface area contributed by atoms with E-state index in [9.17, 15) is 0 Å². The highest BCUT2D eigenvalue weighted by Gasteiger charge is 2.38. The van der Waals surface area contributed by atoms with Gasteiger partial charge in [-0.3, -0.25) is 9.88 Å². The molecule has 6 rings (SSSR count). The van der Waals surface area contributed by atoms with Gasteiger partial charge in [0.25, 0.3) is 0 Å². The number of allylic oxidation sites excluding steroid dienone is 1. The highest BCUT2D eigenvalue weighted by atomic mass is 15.3. The van der Waals surface area contributed by atoms with Gasteiger partial charge in [-0.2, -0.15) is 0 Å². The Kier molecular flexibility index (Phi) is 4.97. The molecule has 3 heterocycles. The normalized spacial score (nSPS) is 22.8. The quantitative estimate of drug-likeness (QED) is 0.568. The number of benzene rings is 2. The predicted molar refractivity (Wildman–Crippen MR) is 131 cm³/mol. The number of hydrogen-bond donors (Lipinski definition) is 0. The second-order valence-corrected chi connectivity index (χ2v) is 9.89. The minimum Gasteiger partial charge on any atom is -0.303 e. The molecule has 2 saturated heterocycles. The summed E-state index contributed by atoms with van der Waals surface area (Å²) in [7, 11) is 2.27. The Morgan fingerprint density at radius 3 is 2.44 bits per heavy atom. The third kappa shape index (κ3) is 3.60. The van der Waals surface area contributed by atoms with Gasteiger partial charge < -0.3 is 4.90 Å². The summed E-state index contributed by atoms with van der Waals surface area (Å²) >= 11 is 0. The second kappa shape index (κ2) is 7.99. The molecule has 0 amide bonds. The molecule has 3 nitrogen and oxygen atoms in total. The first-order valence-corrected chi connectivity index (χ1v) is 11.9. The summed E-state index contributed by atoms with van der Waals surface area (Å²) in [6, 6.07) is 21.8. The van der Waals surface area contributed by atoms with E-state index in [4.69, 9.17) is 4.98 Å². The Balaban J connectivity index is 1.23. The summed E-state index contributed by atoms with van der Waals surface area (Å²) < 4.78 is 0. The Labute approximate surface area is 191 Å². The average molecular weight is 422 g/mol. The largest absolute Gasteiger partial charge is 0.303 e. The van der Waals surface area contributed by atoms with Gasteiger partial charge in [-0.25, -0.2) is 0 Å². The first kappa shape index (κ1) is 19.9. The predicted octanol–water partition coefficient (Wildman–Crippen LogP) is 5.32. The third-order valence-corrected chi connectivity index (χ3v) is 7.56. The highest BCUT2D eigenvalue weighted by Crippen LogP contribution is 2.35. The lowest BCUT2D eigenvalue weighted by Gasteiger charge is -2.39. The van der Waals surface area contributed by atoms with Crippen molar-refractivity contribution >= 4 is 5.57 Å². The van der Waals surface area contributed by atoms with Crippen LogP contribution in [0.2, 0.25) is 0 Å². The maximum atomic E-state index is 4.82. The van der Waals surface area contributed by atoms with Crippen molar-refractivity contribution in [2.24, 2.45) is 0 Å². The van der Waals surface area contributed by atoms with Crippen molar-refractivity contribution in [1.82, 2.24) is 14.8 Å². The number of nitrogens with zero attached hydrogens (tertiary/aromatic N) is 3. The molecular weight excluding hydrogens is 390 g/mol. The molecule has 3 heteroatoms. The second-order valence-electron chi connectivity index (χ2n) is 9.89. The van der Waals surface area contributed by atoms with Gasteiger partial charge in [0.15, 0.2) is 0 Å². The summed E-state index contributed by atoms with van der Waals surface area (Å²) in [6.45, 7) is 5.66. The molecule has 0 spiro atoms. The van der Waals surface area contributed by atoms with E-state index in [-0.39, 0.29) is 0 Å². The number of likely N-dealkylation sites (tertiary alicyclic amines) is 1. The monoisotopic (exact) mass is 421 g/mol. The van der Waals surface area contributed by atoms with E-state index >= 15 is 0 Å². The van der Waals surface area contributed by atoms with Crippen LogP contribution in [-0.2, 0) is 13.0 Å². The standard InChI is InChI=1S/C29H31N3/c1-20-4-3-5-23(14-20)27-12-13-29-28(27)15-24(16-30-29)22-8-6-21(7-9-22)17-32-25-10-11-26(32)19-31(2)18-25/h3-9,12,14-16,25-26H,10-11,13,17-19H2,1-2H3. The lowest BCUT2D eigenvalue weighted by atomic mass is 9.96. The molecule has 2 aromatic carbocycles. The number of fused-ring (bicyclic) bond motifs is 3. The molecular formula is C29H31N3. The smallest absolute Gasteiger partial charge is 0.0520 e. The molecule has 1 aliphatic carbocycles. The van der Waals surface area contributed by atoms with E-state index in [1.807, 2.05) is 6.20 Å². The maximum absolute atomic E-state index is 4.82. The van der Waals surface area contributed by atoms with Crippen LogP contribution in [0.5, 0.6) is 0 Å². The van der Waals surface area contributed by atoms with Crippen molar-refractivity contribution in [2.45, 2.75) is 44.8 Å². The van der Waals surface area contributed by atoms with Gasteiger partial charge in [0.2, 0.25) is 0 Å². The number of likely N-dealkylation sites (N-methyl/N-ethyl adjacent to an activating group) is 1. The van der Waals surface area contributed by atoms with E-state index in [1.165, 1.54) is 70.6 Å². The van der Waals surface area contributed by atoms with Gasteiger partial charge >= 0.3 is 0 Å². The number of aromatic nitrogens is 1. The van der Waals surface area contributed by atoms with Gasteiger partial charge in [0.1, 0.15) is 0 Å². The number of rotatable bonds is 4. The van der Waals surface area contributed by atoms with Crippen molar-refractivity contribution in [2.75, 3.05) is 20.1 Å². The molecule has 0 saturated carbocycles. The number of piperazine rings is 1. The molecule has 0 radical (unpaired) electrons. The summed E-state index contributed by atoms with van der Waals surface area (Å²) in [4.78, 5) is 10.1. The fourth-order valence-corrected chi connectivity index (χ4v) is 5.91. The molecule has 3 aromatic rings. The van der Waals surface area contributed by atoms with Crippen molar-refractivity contribution in [3.63, 3.8) is 0 Å². The first-order chi connectivity index (χ1) is 15.6. The topological polar surface area (TPSA) is 19.4 Å². The van der Waals surface area contributed by atoms with Crippen LogP contribution in [0.1, 0.15) is 40.8 Å². The molecule has 2 bridgehead atoms. The highest BCUT2D eigenvalue weighted by molar-refractivity contribution is 5.86. The van der Waals surface area contributed by atoms with Crippen LogP contribution in [0.3, 0.4) is 0 Å². The van der Waals surface area contributed by atoms with Crippen LogP contribution in [-0.4, -0.2) is 47.0 Å². The zero-order valence-corrected chi connectivity index (χ0v) is 19.1.